The Morgan fingerprint density at radius 1 is 0.417 bits per heavy atom. The van der Waals surface area contributed by atoms with Crippen molar-refractivity contribution >= 4 is 38.6 Å². The van der Waals surface area contributed by atoms with Gasteiger partial charge in [0, 0.05) is 22.2 Å². The maximum absolute atomic E-state index is 2.54. The summed E-state index contributed by atoms with van der Waals surface area (Å²) in [7, 11) is 0. The van der Waals surface area contributed by atoms with Crippen molar-refractivity contribution in [3.05, 3.63) is 162 Å². The minimum atomic E-state index is -0.130. The third-order valence-electron chi connectivity index (χ3n) is 12.2. The number of para-hydroxylation sites is 1. The molecule has 0 heterocycles. The van der Waals surface area contributed by atoms with Crippen molar-refractivity contribution in [3.63, 3.8) is 0 Å². The molecule has 48 heavy (non-hydrogen) atoms. The lowest BCUT2D eigenvalue weighted by molar-refractivity contribution is 0.299. The van der Waals surface area contributed by atoms with E-state index in [4.69, 9.17) is 0 Å². The lowest BCUT2D eigenvalue weighted by Crippen LogP contribution is -2.43. The number of hydrogen-bond acceptors (Lipinski definition) is 1. The van der Waals surface area contributed by atoms with Crippen LogP contribution in [0.1, 0.15) is 63.8 Å². The average molecular weight is 620 g/mol. The highest BCUT2D eigenvalue weighted by atomic mass is 15.1. The Kier molecular flexibility index (Phi) is 6.01. The fraction of sp³-hybridized carbons (Fsp3) is 0.191. The van der Waals surface area contributed by atoms with Gasteiger partial charge in [0.2, 0.25) is 0 Å². The van der Waals surface area contributed by atoms with Crippen LogP contribution in [0.25, 0.3) is 43.8 Å². The van der Waals surface area contributed by atoms with Crippen LogP contribution in [0.3, 0.4) is 0 Å². The fourth-order valence-corrected chi connectivity index (χ4v) is 8.90. The summed E-state index contributed by atoms with van der Waals surface area (Å²) in [5, 5.41) is 5.15. The zero-order valence-corrected chi connectivity index (χ0v) is 28.7. The van der Waals surface area contributed by atoms with E-state index in [0.29, 0.717) is 0 Å². The van der Waals surface area contributed by atoms with Crippen LogP contribution < -0.4 is 4.90 Å². The monoisotopic (exact) mass is 619 g/mol. The molecule has 0 aliphatic heterocycles. The average Bonchev–Trinajstić information content (AvgIpc) is 3.33. The summed E-state index contributed by atoms with van der Waals surface area (Å²) in [5.74, 6) is 0. The molecule has 1 nitrogen and oxygen atoms in total. The van der Waals surface area contributed by atoms with Gasteiger partial charge in [-0.3, -0.25) is 0 Å². The van der Waals surface area contributed by atoms with Gasteiger partial charge in [-0.1, -0.05) is 151 Å². The van der Waals surface area contributed by atoms with Crippen molar-refractivity contribution < 1.29 is 0 Å². The van der Waals surface area contributed by atoms with Crippen LogP contribution in [0.2, 0.25) is 0 Å². The topological polar surface area (TPSA) is 3.24 Å². The van der Waals surface area contributed by atoms with E-state index < -0.39 is 0 Å². The molecule has 0 N–H and O–H groups in total. The Bertz CT molecular complexity index is 2430. The SMILES string of the molecule is CC1(C)c2ccccc2-c2ccc(N(c3ccccc3)c3cc4c(c5ccc6ccccc6c35)-c3ccccc3C(C)(C)C4(C)C)cc21. The lowest BCUT2D eigenvalue weighted by Gasteiger charge is -2.49. The second-order valence-electron chi connectivity index (χ2n) is 15.4. The van der Waals surface area contributed by atoms with Gasteiger partial charge in [0.1, 0.15) is 0 Å². The summed E-state index contributed by atoms with van der Waals surface area (Å²) in [5.41, 5.74) is 14.3. The Morgan fingerprint density at radius 2 is 1.04 bits per heavy atom. The molecule has 2 aliphatic rings. The summed E-state index contributed by atoms with van der Waals surface area (Å²) in [6, 6.07) is 52.3. The quantitative estimate of drug-likeness (QED) is 0.178. The van der Waals surface area contributed by atoms with E-state index in [1.807, 2.05) is 0 Å². The van der Waals surface area contributed by atoms with Crippen molar-refractivity contribution in [2.45, 2.75) is 57.8 Å². The Labute approximate surface area is 284 Å². The zero-order chi connectivity index (χ0) is 33.0. The van der Waals surface area contributed by atoms with Crippen LogP contribution in [0.5, 0.6) is 0 Å². The molecule has 7 aromatic rings. The van der Waals surface area contributed by atoms with Crippen molar-refractivity contribution in [3.8, 4) is 22.3 Å². The molecule has 0 saturated carbocycles. The van der Waals surface area contributed by atoms with Gasteiger partial charge in [-0.15, -0.1) is 0 Å². The number of nitrogens with zero attached hydrogens (tertiary/aromatic N) is 1. The first-order valence-corrected chi connectivity index (χ1v) is 17.3. The highest BCUT2D eigenvalue weighted by molar-refractivity contribution is 6.20. The van der Waals surface area contributed by atoms with Crippen molar-refractivity contribution in [1.82, 2.24) is 0 Å². The van der Waals surface area contributed by atoms with Crippen LogP contribution in [0.4, 0.5) is 17.1 Å². The van der Waals surface area contributed by atoms with Crippen LogP contribution in [0.15, 0.2) is 140 Å². The number of benzene rings is 7. The third kappa shape index (κ3) is 3.79. The van der Waals surface area contributed by atoms with Crippen molar-refractivity contribution in [1.29, 1.82) is 0 Å². The van der Waals surface area contributed by atoms with Crippen molar-refractivity contribution in [2.75, 3.05) is 4.90 Å². The van der Waals surface area contributed by atoms with Gasteiger partial charge in [-0.25, -0.2) is 0 Å². The van der Waals surface area contributed by atoms with Gasteiger partial charge in [-0.05, 0) is 102 Å². The third-order valence-corrected chi connectivity index (χ3v) is 12.2. The lowest BCUT2D eigenvalue weighted by atomic mass is 9.55. The molecule has 1 heteroatoms. The molecule has 0 unspecified atom stereocenters. The predicted octanol–water partition coefficient (Wildman–Crippen LogP) is 13.0. The predicted molar refractivity (Wildman–Crippen MR) is 205 cm³/mol. The van der Waals surface area contributed by atoms with Gasteiger partial charge in [0.05, 0.1) is 5.69 Å². The van der Waals surface area contributed by atoms with Gasteiger partial charge >= 0.3 is 0 Å². The van der Waals surface area contributed by atoms with Gasteiger partial charge < -0.3 is 4.90 Å². The molecule has 7 aromatic carbocycles. The van der Waals surface area contributed by atoms with Gasteiger partial charge in [0.15, 0.2) is 0 Å². The zero-order valence-electron chi connectivity index (χ0n) is 28.7. The summed E-state index contributed by atoms with van der Waals surface area (Å²) in [4.78, 5) is 2.53. The molecule has 0 amide bonds. The Hall–Kier alpha value is -5.14. The molecule has 0 saturated heterocycles. The van der Waals surface area contributed by atoms with E-state index in [2.05, 4.69) is 186 Å². The number of anilines is 3. The first-order valence-electron chi connectivity index (χ1n) is 17.3. The first-order chi connectivity index (χ1) is 23.1. The Morgan fingerprint density at radius 3 is 1.83 bits per heavy atom. The molecular formula is C47H41N. The van der Waals surface area contributed by atoms with E-state index in [1.54, 1.807) is 0 Å². The van der Waals surface area contributed by atoms with E-state index in [0.717, 1.165) is 5.69 Å². The number of rotatable bonds is 3. The maximum Gasteiger partial charge on any atom is 0.0549 e. The molecule has 234 valence electrons. The highest BCUT2D eigenvalue weighted by Crippen LogP contribution is 2.58. The minimum absolute atomic E-state index is 0.0701. The highest BCUT2D eigenvalue weighted by Gasteiger charge is 2.47. The number of fused-ring (bicyclic) bond motifs is 10. The van der Waals surface area contributed by atoms with Crippen molar-refractivity contribution in [2.24, 2.45) is 0 Å². The van der Waals surface area contributed by atoms with Gasteiger partial charge in [0.25, 0.3) is 0 Å². The van der Waals surface area contributed by atoms with Crippen LogP contribution in [-0.2, 0) is 16.2 Å². The van der Waals surface area contributed by atoms with Gasteiger partial charge in [-0.2, -0.15) is 0 Å². The fourth-order valence-electron chi connectivity index (χ4n) is 8.90. The summed E-state index contributed by atoms with van der Waals surface area (Å²) < 4.78 is 0. The second-order valence-corrected chi connectivity index (χ2v) is 15.4. The van der Waals surface area contributed by atoms with Crippen LogP contribution >= 0.6 is 0 Å². The maximum atomic E-state index is 2.54. The van der Waals surface area contributed by atoms with E-state index >= 15 is 0 Å². The molecule has 0 spiro atoms. The molecule has 2 aliphatic carbocycles. The first kappa shape index (κ1) is 29.0. The van der Waals surface area contributed by atoms with E-state index in [-0.39, 0.29) is 16.2 Å². The molecule has 9 rings (SSSR count). The second kappa shape index (κ2) is 9.94. The standard InChI is InChI=1S/C47H41N/c1-45(2)38-22-14-12-20-34(38)35-27-25-32(28-40(35)45)48(31-17-8-7-9-18-31)42-29-41-43(37-26-24-30-16-10-11-19-33(30)44(37)42)36-21-13-15-23-39(36)46(3,4)47(41,5)6/h7-29H,1-6H3. The smallest absolute Gasteiger partial charge is 0.0549 e. The normalized spacial score (nSPS) is 16.2. The van der Waals surface area contributed by atoms with E-state index in [1.165, 1.54) is 77.4 Å². The summed E-state index contributed by atoms with van der Waals surface area (Å²) >= 11 is 0. The number of hydrogen-bond donors (Lipinski definition) is 0. The van der Waals surface area contributed by atoms with E-state index in [9.17, 15) is 0 Å². The summed E-state index contributed by atoms with van der Waals surface area (Å²) in [6.07, 6.45) is 0. The van der Waals surface area contributed by atoms with Crippen LogP contribution in [-0.4, -0.2) is 0 Å². The Balaban J connectivity index is 1.42. The molecule has 0 aromatic heterocycles. The summed E-state index contributed by atoms with van der Waals surface area (Å²) in [6.45, 7) is 14.5. The van der Waals surface area contributed by atoms with Crippen LogP contribution in [0, 0.1) is 0 Å². The molecule has 0 atom stereocenters. The largest absolute Gasteiger partial charge is 0.310 e. The molecule has 0 radical (unpaired) electrons. The minimum Gasteiger partial charge on any atom is -0.310 e. The molecule has 0 fully saturated rings. The molecule has 0 bridgehead atoms. The molecular weight excluding hydrogens is 579 g/mol.